The van der Waals surface area contributed by atoms with E-state index in [1.165, 1.54) is 0 Å². The molecule has 1 heterocycles. The van der Waals surface area contributed by atoms with E-state index in [-0.39, 0.29) is 6.03 Å². The lowest BCUT2D eigenvalue weighted by molar-refractivity contribution is 0.213. The van der Waals surface area contributed by atoms with E-state index in [2.05, 4.69) is 5.32 Å². The van der Waals surface area contributed by atoms with Crippen LogP contribution < -0.4 is 5.32 Å². The molecule has 0 atom stereocenters. The zero-order chi connectivity index (χ0) is 6.69. The summed E-state index contributed by atoms with van der Waals surface area (Å²) >= 11 is 1.79. The van der Waals surface area contributed by atoms with Gasteiger partial charge in [0.25, 0.3) is 0 Å². The molecule has 9 heavy (non-hydrogen) atoms. The number of nitrogens with zero attached hydrogens (tertiary/aromatic N) is 1. The standard InChI is InChI=1S/C5H10N2OS/c1-6-5(8)7-2-3-9-4-7/h2-4H2,1H3,(H,6,8). The van der Waals surface area contributed by atoms with Gasteiger partial charge in [0.05, 0.1) is 5.88 Å². The molecule has 0 bridgehead atoms. The van der Waals surface area contributed by atoms with Crippen molar-refractivity contribution in [3.63, 3.8) is 0 Å². The van der Waals surface area contributed by atoms with Gasteiger partial charge >= 0.3 is 6.03 Å². The Kier molecular flexibility index (Phi) is 2.22. The maximum atomic E-state index is 10.8. The van der Waals surface area contributed by atoms with Crippen LogP contribution in [0, 0.1) is 0 Å². The molecule has 52 valence electrons. The summed E-state index contributed by atoms with van der Waals surface area (Å²) in [7, 11) is 1.66. The molecule has 4 heteroatoms. The Hall–Kier alpha value is -0.380. The van der Waals surface area contributed by atoms with Crippen LogP contribution in [-0.4, -0.2) is 36.2 Å². The normalized spacial score (nSPS) is 18.1. The van der Waals surface area contributed by atoms with Gasteiger partial charge in [-0.2, -0.15) is 0 Å². The molecule has 0 aliphatic carbocycles. The number of amides is 2. The van der Waals surface area contributed by atoms with Gasteiger partial charge in [0.1, 0.15) is 0 Å². The van der Waals surface area contributed by atoms with Crippen molar-refractivity contribution in [3.05, 3.63) is 0 Å². The predicted molar refractivity (Wildman–Crippen MR) is 38.5 cm³/mol. The minimum absolute atomic E-state index is 0.0417. The summed E-state index contributed by atoms with van der Waals surface area (Å²) in [5.74, 6) is 1.92. The topological polar surface area (TPSA) is 32.3 Å². The Bertz CT molecular complexity index is 112. The van der Waals surface area contributed by atoms with Crippen molar-refractivity contribution in [2.75, 3.05) is 25.2 Å². The third-order valence-corrected chi connectivity index (χ3v) is 2.22. The number of carbonyl (C=O) groups excluding carboxylic acids is 1. The Morgan fingerprint density at radius 1 is 1.78 bits per heavy atom. The van der Waals surface area contributed by atoms with Crippen LogP contribution >= 0.6 is 11.8 Å². The highest BCUT2D eigenvalue weighted by Crippen LogP contribution is 2.12. The van der Waals surface area contributed by atoms with E-state index in [9.17, 15) is 4.79 Å². The quantitative estimate of drug-likeness (QED) is 0.534. The summed E-state index contributed by atoms with van der Waals surface area (Å²) in [6.07, 6.45) is 0. The Balaban J connectivity index is 2.32. The maximum Gasteiger partial charge on any atom is 0.317 e. The number of urea groups is 1. The molecule has 1 aliphatic rings. The van der Waals surface area contributed by atoms with Crippen LogP contribution in [0.4, 0.5) is 4.79 Å². The van der Waals surface area contributed by atoms with Crippen LogP contribution in [0.5, 0.6) is 0 Å². The second-order valence-electron chi connectivity index (χ2n) is 1.86. The first kappa shape index (κ1) is 6.74. The first-order valence-electron chi connectivity index (χ1n) is 2.89. The lowest BCUT2D eigenvalue weighted by Gasteiger charge is -2.12. The predicted octanol–water partition coefficient (Wildman–Crippen LogP) is 0.332. The lowest BCUT2D eigenvalue weighted by atomic mass is 10.6. The largest absolute Gasteiger partial charge is 0.341 e. The number of hydrogen-bond donors (Lipinski definition) is 1. The van der Waals surface area contributed by atoms with Gasteiger partial charge in [0.15, 0.2) is 0 Å². The van der Waals surface area contributed by atoms with Gasteiger partial charge in [-0.3, -0.25) is 0 Å². The molecule has 1 N–H and O–H groups in total. The van der Waals surface area contributed by atoms with Gasteiger partial charge in [0.2, 0.25) is 0 Å². The number of thioether (sulfide) groups is 1. The van der Waals surface area contributed by atoms with Crippen molar-refractivity contribution in [2.45, 2.75) is 0 Å². The van der Waals surface area contributed by atoms with Gasteiger partial charge in [-0.1, -0.05) is 0 Å². The maximum absolute atomic E-state index is 10.8. The van der Waals surface area contributed by atoms with Gasteiger partial charge in [0, 0.05) is 19.3 Å². The third kappa shape index (κ3) is 1.51. The average molecular weight is 146 g/mol. The minimum atomic E-state index is 0.0417. The van der Waals surface area contributed by atoms with Crippen molar-refractivity contribution in [1.29, 1.82) is 0 Å². The number of nitrogens with one attached hydrogen (secondary N) is 1. The first-order chi connectivity index (χ1) is 4.34. The molecule has 0 aromatic rings. The van der Waals surface area contributed by atoms with Crippen molar-refractivity contribution >= 4 is 17.8 Å². The van der Waals surface area contributed by atoms with Gasteiger partial charge in [-0.25, -0.2) is 4.79 Å². The van der Waals surface area contributed by atoms with E-state index in [1.54, 1.807) is 23.7 Å². The van der Waals surface area contributed by atoms with Crippen LogP contribution in [0.1, 0.15) is 0 Å². The Labute approximate surface area is 58.8 Å². The van der Waals surface area contributed by atoms with Crippen LogP contribution in [0.25, 0.3) is 0 Å². The summed E-state index contributed by atoms with van der Waals surface area (Å²) in [4.78, 5) is 12.6. The van der Waals surface area contributed by atoms with Crippen LogP contribution in [0.15, 0.2) is 0 Å². The fourth-order valence-electron chi connectivity index (χ4n) is 0.732. The molecule has 0 aromatic carbocycles. The zero-order valence-electron chi connectivity index (χ0n) is 5.39. The van der Waals surface area contributed by atoms with Gasteiger partial charge in [-0.05, 0) is 0 Å². The van der Waals surface area contributed by atoms with E-state index >= 15 is 0 Å². The highest BCUT2D eigenvalue weighted by atomic mass is 32.2. The molecule has 3 nitrogen and oxygen atoms in total. The van der Waals surface area contributed by atoms with Gasteiger partial charge in [-0.15, -0.1) is 11.8 Å². The van der Waals surface area contributed by atoms with Crippen LogP contribution in [0.2, 0.25) is 0 Å². The molecule has 0 aromatic heterocycles. The molecule has 1 rings (SSSR count). The SMILES string of the molecule is CNC(=O)N1CCSC1. The number of rotatable bonds is 0. The minimum Gasteiger partial charge on any atom is -0.341 e. The van der Waals surface area contributed by atoms with E-state index in [4.69, 9.17) is 0 Å². The van der Waals surface area contributed by atoms with E-state index in [0.717, 1.165) is 18.2 Å². The average Bonchev–Trinajstić information content (AvgIpc) is 2.37. The molecule has 0 spiro atoms. The summed E-state index contributed by atoms with van der Waals surface area (Å²) in [5.41, 5.74) is 0. The summed E-state index contributed by atoms with van der Waals surface area (Å²) in [5, 5.41) is 2.58. The summed E-state index contributed by atoms with van der Waals surface area (Å²) in [6.45, 7) is 0.893. The van der Waals surface area contributed by atoms with Crippen molar-refractivity contribution < 1.29 is 4.79 Å². The van der Waals surface area contributed by atoms with E-state index in [0.29, 0.717) is 0 Å². The number of hydrogen-bond acceptors (Lipinski definition) is 2. The Morgan fingerprint density at radius 2 is 2.56 bits per heavy atom. The second-order valence-corrected chi connectivity index (χ2v) is 2.93. The van der Waals surface area contributed by atoms with Crippen molar-refractivity contribution in [1.82, 2.24) is 10.2 Å². The summed E-state index contributed by atoms with van der Waals surface area (Å²) in [6, 6.07) is 0.0417. The molecule has 0 saturated carbocycles. The van der Waals surface area contributed by atoms with Crippen molar-refractivity contribution in [2.24, 2.45) is 0 Å². The molecule has 2 amide bonds. The van der Waals surface area contributed by atoms with Crippen LogP contribution in [0.3, 0.4) is 0 Å². The van der Waals surface area contributed by atoms with Crippen LogP contribution in [-0.2, 0) is 0 Å². The zero-order valence-corrected chi connectivity index (χ0v) is 6.20. The molecule has 0 radical (unpaired) electrons. The lowest BCUT2D eigenvalue weighted by Crippen LogP contribution is -2.35. The molecule has 1 fully saturated rings. The van der Waals surface area contributed by atoms with Gasteiger partial charge < -0.3 is 10.2 Å². The highest BCUT2D eigenvalue weighted by molar-refractivity contribution is 7.99. The smallest absolute Gasteiger partial charge is 0.317 e. The second kappa shape index (κ2) is 2.96. The molecular formula is C5H10N2OS. The van der Waals surface area contributed by atoms with Crippen molar-refractivity contribution in [3.8, 4) is 0 Å². The fraction of sp³-hybridized carbons (Fsp3) is 0.800. The molecular weight excluding hydrogens is 136 g/mol. The third-order valence-electron chi connectivity index (χ3n) is 1.25. The van der Waals surface area contributed by atoms with E-state index in [1.807, 2.05) is 0 Å². The fourth-order valence-corrected chi connectivity index (χ4v) is 1.68. The number of carbonyl (C=O) groups is 1. The van der Waals surface area contributed by atoms with E-state index < -0.39 is 0 Å². The monoisotopic (exact) mass is 146 g/mol. The summed E-state index contributed by atoms with van der Waals surface area (Å²) < 4.78 is 0. The molecule has 0 unspecified atom stereocenters. The molecule has 1 saturated heterocycles. The highest BCUT2D eigenvalue weighted by Gasteiger charge is 2.15. The Morgan fingerprint density at radius 3 is 3.00 bits per heavy atom. The molecule has 1 aliphatic heterocycles. The first-order valence-corrected chi connectivity index (χ1v) is 4.04.